The summed E-state index contributed by atoms with van der Waals surface area (Å²) in [5, 5.41) is 3.15. The molecule has 4 atom stereocenters. The molecule has 2 saturated carbocycles. The van der Waals surface area contributed by atoms with Crippen molar-refractivity contribution >= 4 is 5.91 Å². The van der Waals surface area contributed by atoms with Gasteiger partial charge >= 0.3 is 0 Å². The second kappa shape index (κ2) is 3.88. The number of amides is 1. The van der Waals surface area contributed by atoms with E-state index in [0.717, 1.165) is 12.8 Å². The maximum Gasteiger partial charge on any atom is 0.225 e. The Morgan fingerprint density at radius 2 is 1.88 bits per heavy atom. The van der Waals surface area contributed by atoms with Crippen molar-refractivity contribution in [2.24, 2.45) is 23.5 Å². The third-order valence-corrected chi connectivity index (χ3v) is 4.64. The van der Waals surface area contributed by atoms with Crippen LogP contribution in [0.3, 0.4) is 0 Å². The minimum Gasteiger partial charge on any atom is -0.352 e. The SMILES string of the molecule is NC1C2CCC(C2)C1C(=O)NC1CC=CC1. The Morgan fingerprint density at radius 3 is 2.50 bits per heavy atom. The van der Waals surface area contributed by atoms with Crippen molar-refractivity contribution in [1.29, 1.82) is 0 Å². The van der Waals surface area contributed by atoms with Gasteiger partial charge in [0.25, 0.3) is 0 Å². The Morgan fingerprint density at radius 1 is 1.19 bits per heavy atom. The van der Waals surface area contributed by atoms with Gasteiger partial charge in [-0.3, -0.25) is 4.79 Å². The summed E-state index contributed by atoms with van der Waals surface area (Å²) in [5.74, 6) is 1.49. The van der Waals surface area contributed by atoms with Gasteiger partial charge in [-0.15, -0.1) is 0 Å². The minimum absolute atomic E-state index is 0.0966. The molecule has 3 nitrogen and oxygen atoms in total. The summed E-state index contributed by atoms with van der Waals surface area (Å²) in [6.07, 6.45) is 9.89. The van der Waals surface area contributed by atoms with Crippen LogP contribution in [-0.4, -0.2) is 18.0 Å². The Bertz CT molecular complexity index is 316. The Labute approximate surface area is 96.5 Å². The third kappa shape index (κ3) is 1.58. The predicted molar refractivity (Wildman–Crippen MR) is 62.6 cm³/mol. The molecule has 3 aliphatic carbocycles. The van der Waals surface area contributed by atoms with Gasteiger partial charge in [-0.1, -0.05) is 12.2 Å². The van der Waals surface area contributed by atoms with E-state index in [9.17, 15) is 4.79 Å². The number of carbonyl (C=O) groups excluding carboxylic acids is 1. The first kappa shape index (κ1) is 10.3. The fourth-order valence-corrected chi connectivity index (χ4v) is 3.76. The first-order chi connectivity index (χ1) is 7.75. The highest BCUT2D eigenvalue weighted by atomic mass is 16.2. The number of nitrogens with two attached hydrogens (primary N) is 1. The quantitative estimate of drug-likeness (QED) is 0.687. The molecule has 88 valence electrons. The third-order valence-electron chi connectivity index (χ3n) is 4.64. The van der Waals surface area contributed by atoms with E-state index in [1.54, 1.807) is 0 Å². The van der Waals surface area contributed by atoms with Crippen molar-refractivity contribution in [3.63, 3.8) is 0 Å². The fourth-order valence-electron chi connectivity index (χ4n) is 3.76. The molecule has 0 radical (unpaired) electrons. The van der Waals surface area contributed by atoms with E-state index >= 15 is 0 Å². The summed E-state index contributed by atoms with van der Waals surface area (Å²) in [5.41, 5.74) is 6.16. The predicted octanol–water partition coefficient (Wildman–Crippen LogP) is 1.19. The average Bonchev–Trinajstić information content (AvgIpc) is 2.92. The first-order valence-electron chi connectivity index (χ1n) is 6.46. The summed E-state index contributed by atoms with van der Waals surface area (Å²) in [6, 6.07) is 0.451. The van der Waals surface area contributed by atoms with Crippen molar-refractivity contribution < 1.29 is 4.79 Å². The standard InChI is InChI=1S/C13H20N2O/c14-12-9-6-5-8(7-9)11(12)13(16)15-10-3-1-2-4-10/h1-2,8-12H,3-7,14H2,(H,15,16). The highest BCUT2D eigenvalue weighted by Crippen LogP contribution is 2.47. The lowest BCUT2D eigenvalue weighted by molar-refractivity contribution is -0.127. The molecule has 3 rings (SSSR count). The lowest BCUT2D eigenvalue weighted by Crippen LogP contribution is -2.47. The number of hydrogen-bond acceptors (Lipinski definition) is 2. The number of nitrogens with one attached hydrogen (secondary N) is 1. The minimum atomic E-state index is 0.0966. The van der Waals surface area contributed by atoms with Crippen molar-refractivity contribution in [1.82, 2.24) is 5.32 Å². The molecule has 2 fully saturated rings. The number of rotatable bonds is 2. The van der Waals surface area contributed by atoms with Gasteiger partial charge in [0, 0.05) is 12.1 Å². The van der Waals surface area contributed by atoms with E-state index in [1.807, 2.05) is 0 Å². The molecule has 0 aliphatic heterocycles. The molecule has 3 N–H and O–H groups in total. The summed E-state index contributed by atoms with van der Waals surface area (Å²) >= 11 is 0. The molecule has 0 aromatic rings. The van der Waals surface area contributed by atoms with Crippen LogP contribution in [0, 0.1) is 17.8 Å². The van der Waals surface area contributed by atoms with Crippen LogP contribution in [0.2, 0.25) is 0 Å². The molecule has 3 heteroatoms. The molecule has 4 unspecified atom stereocenters. The molecule has 1 amide bonds. The van der Waals surface area contributed by atoms with E-state index in [4.69, 9.17) is 5.73 Å². The van der Waals surface area contributed by atoms with E-state index in [0.29, 0.717) is 17.9 Å². The summed E-state index contributed by atoms with van der Waals surface area (Å²) in [7, 11) is 0. The van der Waals surface area contributed by atoms with E-state index in [1.165, 1.54) is 19.3 Å². The molecular formula is C13H20N2O. The van der Waals surface area contributed by atoms with Gasteiger partial charge in [-0.05, 0) is 43.9 Å². The lowest BCUT2D eigenvalue weighted by Gasteiger charge is -2.28. The zero-order valence-corrected chi connectivity index (χ0v) is 9.56. The topological polar surface area (TPSA) is 55.1 Å². The molecule has 2 bridgehead atoms. The van der Waals surface area contributed by atoms with Crippen LogP contribution in [0.1, 0.15) is 32.1 Å². The first-order valence-corrected chi connectivity index (χ1v) is 6.46. The maximum atomic E-state index is 12.2. The highest BCUT2D eigenvalue weighted by Gasteiger charge is 2.49. The normalized spacial score (nSPS) is 41.8. The molecular weight excluding hydrogens is 200 g/mol. The van der Waals surface area contributed by atoms with Crippen LogP contribution in [0.5, 0.6) is 0 Å². The van der Waals surface area contributed by atoms with Crippen molar-refractivity contribution in [3.05, 3.63) is 12.2 Å². The van der Waals surface area contributed by atoms with Crippen LogP contribution < -0.4 is 11.1 Å². The molecule has 16 heavy (non-hydrogen) atoms. The molecule has 3 aliphatic rings. The lowest BCUT2D eigenvalue weighted by atomic mass is 9.84. The van der Waals surface area contributed by atoms with Crippen LogP contribution in [0.15, 0.2) is 12.2 Å². The summed E-state index contributed by atoms with van der Waals surface area (Å²) in [4.78, 5) is 12.2. The van der Waals surface area contributed by atoms with E-state index < -0.39 is 0 Å². The summed E-state index contributed by atoms with van der Waals surface area (Å²) in [6.45, 7) is 0. The Kier molecular flexibility index (Phi) is 2.51. The Hall–Kier alpha value is -0.830. The van der Waals surface area contributed by atoms with Crippen LogP contribution in [0.25, 0.3) is 0 Å². The molecule has 0 heterocycles. The number of hydrogen-bond donors (Lipinski definition) is 2. The summed E-state index contributed by atoms with van der Waals surface area (Å²) < 4.78 is 0. The van der Waals surface area contributed by atoms with Gasteiger partial charge in [0.05, 0.1) is 5.92 Å². The van der Waals surface area contributed by atoms with Gasteiger partial charge in [-0.2, -0.15) is 0 Å². The van der Waals surface area contributed by atoms with Crippen molar-refractivity contribution in [2.75, 3.05) is 0 Å². The Balaban J connectivity index is 1.62. The van der Waals surface area contributed by atoms with Crippen LogP contribution in [0.4, 0.5) is 0 Å². The smallest absolute Gasteiger partial charge is 0.225 e. The second-order valence-corrected chi connectivity index (χ2v) is 5.58. The van der Waals surface area contributed by atoms with Crippen LogP contribution in [-0.2, 0) is 4.79 Å². The average molecular weight is 220 g/mol. The van der Waals surface area contributed by atoms with Gasteiger partial charge in [-0.25, -0.2) is 0 Å². The van der Waals surface area contributed by atoms with Gasteiger partial charge in [0.1, 0.15) is 0 Å². The van der Waals surface area contributed by atoms with Gasteiger partial charge in [0.15, 0.2) is 0 Å². The van der Waals surface area contributed by atoms with Gasteiger partial charge < -0.3 is 11.1 Å². The number of carbonyl (C=O) groups is 1. The molecule has 0 aromatic carbocycles. The maximum absolute atomic E-state index is 12.2. The highest BCUT2D eigenvalue weighted by molar-refractivity contribution is 5.80. The largest absolute Gasteiger partial charge is 0.352 e. The monoisotopic (exact) mass is 220 g/mol. The van der Waals surface area contributed by atoms with Gasteiger partial charge in [0.2, 0.25) is 5.91 Å². The zero-order valence-electron chi connectivity index (χ0n) is 9.56. The van der Waals surface area contributed by atoms with Crippen molar-refractivity contribution in [2.45, 2.75) is 44.2 Å². The molecule has 0 spiro atoms. The molecule has 0 saturated heterocycles. The van der Waals surface area contributed by atoms with Crippen molar-refractivity contribution in [3.8, 4) is 0 Å². The number of fused-ring (bicyclic) bond motifs is 2. The van der Waals surface area contributed by atoms with E-state index in [-0.39, 0.29) is 17.9 Å². The second-order valence-electron chi connectivity index (χ2n) is 5.58. The zero-order chi connectivity index (χ0) is 11.1. The van der Waals surface area contributed by atoms with E-state index in [2.05, 4.69) is 17.5 Å². The fraction of sp³-hybridized carbons (Fsp3) is 0.769. The molecule has 0 aromatic heterocycles. The van der Waals surface area contributed by atoms with Crippen LogP contribution >= 0.6 is 0 Å².